The summed E-state index contributed by atoms with van der Waals surface area (Å²) < 4.78 is 10.2. The highest BCUT2D eigenvalue weighted by atomic mass is 16.5. The number of hydrogen-bond acceptors (Lipinski definition) is 7. The van der Waals surface area contributed by atoms with Crippen LogP contribution in [0.2, 0.25) is 0 Å². The number of anilines is 1. The number of esters is 1. The molecule has 1 N–H and O–H groups in total. The fourth-order valence-electron chi connectivity index (χ4n) is 4.00. The zero-order valence-corrected chi connectivity index (χ0v) is 19.1. The Bertz CT molecular complexity index is 1150. The summed E-state index contributed by atoms with van der Waals surface area (Å²) in [4.78, 5) is 31.4. The molecule has 172 valence electrons. The van der Waals surface area contributed by atoms with Gasteiger partial charge in [-0.3, -0.25) is 9.69 Å². The molecule has 0 saturated carbocycles. The number of likely N-dealkylation sites (tertiary alicyclic amines) is 1. The van der Waals surface area contributed by atoms with Crippen molar-refractivity contribution in [3.8, 4) is 11.4 Å². The second-order valence-corrected chi connectivity index (χ2v) is 8.44. The summed E-state index contributed by atoms with van der Waals surface area (Å²) in [5.41, 5.74) is 4.03. The summed E-state index contributed by atoms with van der Waals surface area (Å²) >= 11 is 0. The number of nitrogens with zero attached hydrogens (tertiary/aromatic N) is 3. The fourth-order valence-corrected chi connectivity index (χ4v) is 4.00. The molecule has 1 aliphatic heterocycles. The molecule has 1 fully saturated rings. The minimum absolute atomic E-state index is 0.0284. The number of rotatable bonds is 6. The number of benzene rings is 2. The van der Waals surface area contributed by atoms with Crippen LogP contribution in [0, 0.1) is 19.8 Å². The van der Waals surface area contributed by atoms with E-state index in [1.54, 1.807) is 18.2 Å². The topological polar surface area (TPSA) is 97.6 Å². The number of carbonyl (C=O) groups excluding carboxylic acids is 2. The third-order valence-electron chi connectivity index (χ3n) is 5.98. The van der Waals surface area contributed by atoms with Crippen LogP contribution in [0.1, 0.15) is 40.2 Å². The van der Waals surface area contributed by atoms with Gasteiger partial charge in [0.05, 0.1) is 19.2 Å². The van der Waals surface area contributed by atoms with Crippen LogP contribution in [-0.2, 0) is 16.1 Å². The van der Waals surface area contributed by atoms with E-state index < -0.39 is 5.97 Å². The Kier molecular flexibility index (Phi) is 6.84. The van der Waals surface area contributed by atoms with Crippen molar-refractivity contribution in [2.45, 2.75) is 33.2 Å². The molecule has 8 heteroatoms. The van der Waals surface area contributed by atoms with Gasteiger partial charge in [0.15, 0.2) is 0 Å². The molecule has 3 aromatic rings. The van der Waals surface area contributed by atoms with Gasteiger partial charge in [0.1, 0.15) is 0 Å². The van der Waals surface area contributed by atoms with Gasteiger partial charge in [-0.05, 0) is 63.5 Å². The van der Waals surface area contributed by atoms with Gasteiger partial charge in [-0.25, -0.2) is 4.79 Å². The Morgan fingerprint density at radius 2 is 1.94 bits per heavy atom. The summed E-state index contributed by atoms with van der Waals surface area (Å²) in [7, 11) is 1.34. The molecule has 0 radical (unpaired) electrons. The Balaban J connectivity index is 1.31. The number of nitrogens with one attached hydrogen (secondary N) is 1. The highest BCUT2D eigenvalue weighted by Gasteiger charge is 2.26. The van der Waals surface area contributed by atoms with Gasteiger partial charge in [0, 0.05) is 17.2 Å². The van der Waals surface area contributed by atoms with Crippen LogP contribution in [0.15, 0.2) is 47.0 Å². The van der Waals surface area contributed by atoms with Crippen LogP contribution in [-0.4, -0.2) is 47.1 Å². The molecule has 2 aromatic carbocycles. The van der Waals surface area contributed by atoms with Gasteiger partial charge >= 0.3 is 5.97 Å². The summed E-state index contributed by atoms with van der Waals surface area (Å²) in [6, 6.07) is 13.2. The number of aromatic nitrogens is 2. The van der Waals surface area contributed by atoms with Crippen LogP contribution in [0.25, 0.3) is 11.4 Å². The number of piperidine rings is 1. The van der Waals surface area contributed by atoms with E-state index in [-0.39, 0.29) is 11.8 Å². The van der Waals surface area contributed by atoms with Crippen molar-refractivity contribution in [3.05, 3.63) is 65.0 Å². The van der Waals surface area contributed by atoms with Gasteiger partial charge in [-0.15, -0.1) is 0 Å². The fraction of sp³-hybridized carbons (Fsp3) is 0.360. The predicted molar refractivity (Wildman–Crippen MR) is 124 cm³/mol. The van der Waals surface area contributed by atoms with Crippen molar-refractivity contribution in [3.63, 3.8) is 0 Å². The second-order valence-electron chi connectivity index (χ2n) is 8.44. The zero-order chi connectivity index (χ0) is 23.4. The first-order valence-electron chi connectivity index (χ1n) is 11.0. The molecular weight excluding hydrogens is 420 g/mol. The zero-order valence-electron chi connectivity index (χ0n) is 19.1. The lowest BCUT2D eigenvalue weighted by Crippen LogP contribution is -2.37. The third-order valence-corrected chi connectivity index (χ3v) is 5.98. The minimum atomic E-state index is -0.426. The highest BCUT2D eigenvalue weighted by molar-refractivity contribution is 5.96. The van der Waals surface area contributed by atoms with Crippen LogP contribution in [0.4, 0.5) is 5.69 Å². The monoisotopic (exact) mass is 448 g/mol. The van der Waals surface area contributed by atoms with Crippen LogP contribution < -0.4 is 5.32 Å². The van der Waals surface area contributed by atoms with Crippen molar-refractivity contribution in [1.82, 2.24) is 15.0 Å². The van der Waals surface area contributed by atoms with Crippen LogP contribution >= 0.6 is 0 Å². The molecule has 1 aliphatic rings. The van der Waals surface area contributed by atoms with Crippen molar-refractivity contribution >= 4 is 17.6 Å². The molecule has 4 rings (SSSR count). The maximum absolute atomic E-state index is 12.8. The molecule has 8 nitrogen and oxygen atoms in total. The first kappa shape index (κ1) is 22.7. The molecular formula is C25H28N4O4. The van der Waals surface area contributed by atoms with Crippen molar-refractivity contribution < 1.29 is 18.8 Å². The molecule has 1 amide bonds. The molecule has 0 aliphatic carbocycles. The average Bonchev–Trinajstić information content (AvgIpc) is 3.29. The smallest absolute Gasteiger partial charge is 0.337 e. The Morgan fingerprint density at radius 1 is 1.15 bits per heavy atom. The molecule has 0 unspecified atom stereocenters. The van der Waals surface area contributed by atoms with Gasteiger partial charge in [0.25, 0.3) is 0 Å². The number of aryl methyl sites for hydroxylation is 2. The van der Waals surface area contributed by atoms with E-state index in [9.17, 15) is 9.59 Å². The van der Waals surface area contributed by atoms with Crippen molar-refractivity contribution in [1.29, 1.82) is 0 Å². The second kappa shape index (κ2) is 9.95. The lowest BCUT2D eigenvalue weighted by Gasteiger charge is -2.30. The van der Waals surface area contributed by atoms with E-state index >= 15 is 0 Å². The quantitative estimate of drug-likeness (QED) is 0.570. The molecule has 0 spiro atoms. The summed E-state index contributed by atoms with van der Waals surface area (Å²) in [6.45, 7) is 6.02. The number of ether oxygens (including phenoxy) is 1. The summed E-state index contributed by atoms with van der Waals surface area (Å²) in [6.07, 6.45) is 1.47. The maximum atomic E-state index is 12.8. The van der Waals surface area contributed by atoms with Gasteiger partial charge in [0.2, 0.25) is 17.6 Å². The normalized spacial score (nSPS) is 14.8. The molecule has 0 atom stereocenters. The van der Waals surface area contributed by atoms with E-state index in [0.717, 1.165) is 42.6 Å². The van der Waals surface area contributed by atoms with Crippen molar-refractivity contribution in [2.75, 3.05) is 25.5 Å². The highest BCUT2D eigenvalue weighted by Crippen LogP contribution is 2.24. The lowest BCUT2D eigenvalue weighted by molar-refractivity contribution is -0.121. The molecule has 1 aromatic heterocycles. The lowest BCUT2D eigenvalue weighted by atomic mass is 9.95. The standard InChI is InChI=1S/C25H28N4O4/c1-16-5-4-6-19(13-16)23-27-22(33-28-23)15-29-11-9-18(10-12-29)24(30)26-21-14-20(25(31)32-3)8-7-17(21)2/h4-8,13-14,18H,9-12,15H2,1-3H3,(H,26,30). The summed E-state index contributed by atoms with van der Waals surface area (Å²) in [5.74, 6) is 0.620. The van der Waals surface area contributed by atoms with Crippen molar-refractivity contribution in [2.24, 2.45) is 5.92 Å². The first-order valence-corrected chi connectivity index (χ1v) is 11.0. The number of hydrogen-bond donors (Lipinski definition) is 1. The van der Waals surface area contributed by atoms with Crippen LogP contribution in [0.5, 0.6) is 0 Å². The molecule has 1 saturated heterocycles. The summed E-state index contributed by atoms with van der Waals surface area (Å²) in [5, 5.41) is 7.09. The number of methoxy groups -OCH3 is 1. The Labute approximate surface area is 192 Å². The van der Waals surface area contributed by atoms with Crippen LogP contribution in [0.3, 0.4) is 0 Å². The number of carbonyl (C=O) groups is 2. The minimum Gasteiger partial charge on any atom is -0.465 e. The van der Waals surface area contributed by atoms with Gasteiger partial charge in [-0.1, -0.05) is 35.0 Å². The molecule has 33 heavy (non-hydrogen) atoms. The van der Waals surface area contributed by atoms with E-state index in [1.807, 2.05) is 38.1 Å². The van der Waals surface area contributed by atoms with E-state index in [1.165, 1.54) is 7.11 Å². The predicted octanol–water partition coefficient (Wildman–Crippen LogP) is 3.99. The largest absolute Gasteiger partial charge is 0.465 e. The van der Waals surface area contributed by atoms with Gasteiger partial charge < -0.3 is 14.6 Å². The van der Waals surface area contributed by atoms with Gasteiger partial charge in [-0.2, -0.15) is 4.98 Å². The van der Waals surface area contributed by atoms with E-state index in [4.69, 9.17) is 9.26 Å². The van der Waals surface area contributed by atoms with E-state index in [2.05, 4.69) is 20.4 Å². The number of amides is 1. The van der Waals surface area contributed by atoms with E-state index in [0.29, 0.717) is 29.5 Å². The average molecular weight is 449 g/mol. The Hall–Kier alpha value is -3.52. The molecule has 0 bridgehead atoms. The SMILES string of the molecule is COC(=O)c1ccc(C)c(NC(=O)C2CCN(Cc3nc(-c4cccc(C)c4)no3)CC2)c1. The maximum Gasteiger partial charge on any atom is 0.337 e. The molecule has 2 heterocycles. The Morgan fingerprint density at radius 3 is 2.67 bits per heavy atom. The third kappa shape index (κ3) is 5.46. The first-order chi connectivity index (χ1) is 15.9.